The average Bonchev–Trinajstić information content (AvgIpc) is 3.02. The molecule has 2 aliphatic heterocycles. The van der Waals surface area contributed by atoms with E-state index in [1.807, 2.05) is 17.0 Å². The van der Waals surface area contributed by atoms with Crippen molar-refractivity contribution in [1.82, 2.24) is 9.80 Å². The molecule has 0 unspecified atom stereocenters. The van der Waals surface area contributed by atoms with Gasteiger partial charge in [0.2, 0.25) is 0 Å². The summed E-state index contributed by atoms with van der Waals surface area (Å²) in [5, 5.41) is 2.98. The Labute approximate surface area is 158 Å². The van der Waals surface area contributed by atoms with Gasteiger partial charge in [0.15, 0.2) is 0 Å². The molecule has 2 amide bonds. The van der Waals surface area contributed by atoms with Gasteiger partial charge in [0.1, 0.15) is 0 Å². The van der Waals surface area contributed by atoms with Crippen molar-refractivity contribution in [2.24, 2.45) is 0 Å². The van der Waals surface area contributed by atoms with Gasteiger partial charge in [-0.1, -0.05) is 0 Å². The molecule has 144 valence electrons. The second-order valence-corrected chi connectivity index (χ2v) is 8.75. The molecule has 0 saturated carbocycles. The standard InChI is InChI=1S/C19H29N3O3S/c1-14-11-21(12-15(2)25-14)13-17-5-4-10-22(17)19(23)20-16-6-8-18(9-7-16)26(3)24/h6-9,14-15,17H,4-5,10-13H2,1-3H3,(H,20,23)/t14-,15-,17+,26+/m1/s1. The molecule has 4 atom stereocenters. The largest absolute Gasteiger partial charge is 0.373 e. The van der Waals surface area contributed by atoms with E-state index in [1.165, 1.54) is 0 Å². The molecule has 3 rings (SSSR count). The van der Waals surface area contributed by atoms with Crippen LogP contribution in [0.3, 0.4) is 0 Å². The molecule has 2 aliphatic rings. The van der Waals surface area contributed by atoms with E-state index in [0.29, 0.717) is 0 Å². The summed E-state index contributed by atoms with van der Waals surface area (Å²) in [5.74, 6) is 0. The predicted molar refractivity (Wildman–Crippen MR) is 104 cm³/mol. The third-order valence-corrected chi connectivity index (χ3v) is 5.98. The van der Waals surface area contributed by atoms with Crippen LogP contribution in [-0.2, 0) is 15.5 Å². The van der Waals surface area contributed by atoms with Gasteiger partial charge in [-0.3, -0.25) is 9.11 Å². The van der Waals surface area contributed by atoms with Crippen molar-refractivity contribution in [2.75, 3.05) is 37.8 Å². The number of carbonyl (C=O) groups is 1. The third-order valence-electron chi connectivity index (χ3n) is 5.04. The summed E-state index contributed by atoms with van der Waals surface area (Å²) < 4.78 is 17.3. The van der Waals surface area contributed by atoms with Gasteiger partial charge < -0.3 is 15.0 Å². The van der Waals surface area contributed by atoms with Gasteiger partial charge in [-0.15, -0.1) is 0 Å². The predicted octanol–water partition coefficient (Wildman–Crippen LogP) is 2.53. The van der Waals surface area contributed by atoms with Crippen LogP contribution in [0.5, 0.6) is 0 Å². The number of morpholine rings is 1. The van der Waals surface area contributed by atoms with E-state index in [9.17, 15) is 9.00 Å². The SMILES string of the molecule is C[C@@H]1CN(C[C@@H]2CCCN2C(=O)Nc2ccc([S@](C)=O)cc2)C[C@@H](C)O1. The molecule has 1 aromatic rings. The van der Waals surface area contributed by atoms with Crippen LogP contribution in [0.15, 0.2) is 29.2 Å². The zero-order valence-corrected chi connectivity index (χ0v) is 16.6. The molecule has 1 N–H and O–H groups in total. The number of amides is 2. The molecule has 6 nitrogen and oxygen atoms in total. The van der Waals surface area contributed by atoms with Crippen molar-refractivity contribution >= 4 is 22.5 Å². The summed E-state index contributed by atoms with van der Waals surface area (Å²) in [6.07, 6.45) is 4.22. The highest BCUT2D eigenvalue weighted by Gasteiger charge is 2.32. The maximum Gasteiger partial charge on any atom is 0.322 e. The number of hydrogen-bond donors (Lipinski definition) is 1. The van der Waals surface area contributed by atoms with Gasteiger partial charge in [-0.2, -0.15) is 0 Å². The number of ether oxygens (including phenoxy) is 1. The van der Waals surface area contributed by atoms with Crippen molar-refractivity contribution in [3.8, 4) is 0 Å². The lowest BCUT2D eigenvalue weighted by molar-refractivity contribution is -0.0712. The number of hydrogen-bond acceptors (Lipinski definition) is 4. The number of carbonyl (C=O) groups excluding carboxylic acids is 1. The molecule has 2 saturated heterocycles. The van der Waals surface area contributed by atoms with Crippen molar-refractivity contribution in [1.29, 1.82) is 0 Å². The van der Waals surface area contributed by atoms with Crippen LogP contribution in [-0.4, -0.2) is 70.7 Å². The smallest absolute Gasteiger partial charge is 0.322 e. The Morgan fingerprint density at radius 1 is 1.23 bits per heavy atom. The van der Waals surface area contributed by atoms with Crippen molar-refractivity contribution < 1.29 is 13.7 Å². The van der Waals surface area contributed by atoms with Gasteiger partial charge in [0, 0.05) is 59.9 Å². The molecule has 26 heavy (non-hydrogen) atoms. The number of likely N-dealkylation sites (tertiary alicyclic amines) is 1. The zero-order valence-electron chi connectivity index (χ0n) is 15.8. The molecule has 0 spiro atoms. The minimum absolute atomic E-state index is 0.0489. The summed E-state index contributed by atoms with van der Waals surface area (Å²) in [4.78, 5) is 17.9. The Bertz CT molecular complexity index is 642. The summed E-state index contributed by atoms with van der Waals surface area (Å²) in [5.41, 5.74) is 0.739. The van der Waals surface area contributed by atoms with E-state index >= 15 is 0 Å². The first kappa shape index (κ1) is 19.3. The van der Waals surface area contributed by atoms with Gasteiger partial charge >= 0.3 is 6.03 Å². The number of nitrogens with zero attached hydrogens (tertiary/aromatic N) is 2. The van der Waals surface area contributed by atoms with Gasteiger partial charge in [0.25, 0.3) is 0 Å². The molecule has 0 aliphatic carbocycles. The van der Waals surface area contributed by atoms with Crippen molar-refractivity contribution in [3.63, 3.8) is 0 Å². The Kier molecular flexibility index (Phi) is 6.32. The van der Waals surface area contributed by atoms with Gasteiger partial charge in [0.05, 0.1) is 12.2 Å². The fourth-order valence-corrected chi connectivity index (χ4v) is 4.47. The average molecular weight is 380 g/mol. The second kappa shape index (κ2) is 8.50. The van der Waals surface area contributed by atoms with E-state index in [4.69, 9.17) is 4.74 Å². The molecule has 0 aromatic heterocycles. The van der Waals surface area contributed by atoms with E-state index in [1.54, 1.807) is 18.4 Å². The summed E-state index contributed by atoms with van der Waals surface area (Å²) in [6.45, 7) is 7.75. The molecule has 0 bridgehead atoms. The lowest BCUT2D eigenvalue weighted by Gasteiger charge is -2.38. The number of anilines is 1. The Balaban J connectivity index is 1.58. The molecule has 0 radical (unpaired) electrons. The number of rotatable bonds is 4. The molecule has 7 heteroatoms. The fourth-order valence-electron chi connectivity index (χ4n) is 3.95. The van der Waals surface area contributed by atoms with Gasteiger partial charge in [-0.25, -0.2) is 4.79 Å². The quantitative estimate of drug-likeness (QED) is 0.873. The Morgan fingerprint density at radius 2 is 1.88 bits per heavy atom. The maximum absolute atomic E-state index is 12.7. The summed E-state index contributed by atoms with van der Waals surface area (Å²) in [7, 11) is -1.01. The maximum atomic E-state index is 12.7. The first-order chi connectivity index (χ1) is 12.4. The highest BCUT2D eigenvalue weighted by atomic mass is 32.2. The van der Waals surface area contributed by atoms with Crippen LogP contribution >= 0.6 is 0 Å². The van der Waals surface area contributed by atoms with Crippen LogP contribution in [0.1, 0.15) is 26.7 Å². The first-order valence-electron chi connectivity index (χ1n) is 9.31. The fraction of sp³-hybridized carbons (Fsp3) is 0.632. The second-order valence-electron chi connectivity index (χ2n) is 7.37. The van der Waals surface area contributed by atoms with Crippen LogP contribution in [0.4, 0.5) is 10.5 Å². The third kappa shape index (κ3) is 4.84. The van der Waals surface area contributed by atoms with E-state index in [-0.39, 0.29) is 24.3 Å². The molecular weight excluding hydrogens is 350 g/mol. The van der Waals surface area contributed by atoms with Crippen molar-refractivity contribution in [3.05, 3.63) is 24.3 Å². The highest BCUT2D eigenvalue weighted by molar-refractivity contribution is 7.84. The minimum Gasteiger partial charge on any atom is -0.373 e. The number of nitrogens with one attached hydrogen (secondary N) is 1. The summed E-state index contributed by atoms with van der Waals surface area (Å²) >= 11 is 0. The van der Waals surface area contributed by atoms with E-state index < -0.39 is 10.8 Å². The Hall–Kier alpha value is -1.44. The van der Waals surface area contributed by atoms with Crippen LogP contribution in [0.25, 0.3) is 0 Å². The van der Waals surface area contributed by atoms with E-state index in [2.05, 4.69) is 24.1 Å². The van der Waals surface area contributed by atoms with Crippen LogP contribution < -0.4 is 5.32 Å². The molecule has 1 aromatic carbocycles. The minimum atomic E-state index is -1.01. The lowest BCUT2D eigenvalue weighted by atomic mass is 10.1. The zero-order chi connectivity index (χ0) is 18.7. The summed E-state index contributed by atoms with van der Waals surface area (Å²) in [6, 6.07) is 7.41. The normalized spacial score (nSPS) is 28.1. The molecule has 2 heterocycles. The van der Waals surface area contributed by atoms with Crippen LogP contribution in [0.2, 0.25) is 0 Å². The molecule has 2 fully saturated rings. The Morgan fingerprint density at radius 3 is 2.50 bits per heavy atom. The van der Waals surface area contributed by atoms with Gasteiger partial charge in [-0.05, 0) is 51.0 Å². The topological polar surface area (TPSA) is 61.9 Å². The first-order valence-corrected chi connectivity index (χ1v) is 10.9. The molecular formula is C19H29N3O3S. The van der Waals surface area contributed by atoms with E-state index in [0.717, 1.165) is 49.6 Å². The monoisotopic (exact) mass is 379 g/mol. The van der Waals surface area contributed by atoms with Crippen molar-refractivity contribution in [2.45, 2.75) is 49.8 Å². The lowest BCUT2D eigenvalue weighted by Crippen LogP contribution is -2.51. The highest BCUT2D eigenvalue weighted by Crippen LogP contribution is 2.22. The number of benzene rings is 1. The van der Waals surface area contributed by atoms with Crippen LogP contribution in [0, 0.1) is 0 Å². The number of urea groups is 1.